The largest absolute Gasteiger partial charge is 0.372 e. The van der Waals surface area contributed by atoms with E-state index < -0.39 is 16.2 Å². The van der Waals surface area contributed by atoms with Crippen molar-refractivity contribution in [3.8, 4) is 0 Å². The molecule has 0 aromatic rings. The molecule has 1 amide bonds. The molecule has 82 valence electrons. The Balaban J connectivity index is 2.56. The molecular formula is C7H9N3O4S. The quantitative estimate of drug-likeness (QED) is 0.657. The lowest BCUT2D eigenvalue weighted by Crippen LogP contribution is -2.25. The van der Waals surface area contributed by atoms with Gasteiger partial charge in [-0.05, 0) is 6.92 Å². The highest BCUT2D eigenvalue weighted by molar-refractivity contribution is 7.73. The second-order valence-electron chi connectivity index (χ2n) is 2.49. The summed E-state index contributed by atoms with van der Waals surface area (Å²) >= 11 is 0. The lowest BCUT2D eigenvalue weighted by molar-refractivity contribution is -0.124. The minimum atomic E-state index is -2.43. The predicted octanol–water partition coefficient (Wildman–Crippen LogP) is -0.545. The van der Waals surface area contributed by atoms with Crippen molar-refractivity contribution in [2.45, 2.75) is 6.92 Å². The van der Waals surface area contributed by atoms with Gasteiger partial charge in [-0.1, -0.05) is 0 Å². The molecule has 0 aromatic carbocycles. The number of nitrogens with one attached hydrogen (secondary N) is 1. The molecule has 0 fully saturated rings. The molecule has 7 nitrogen and oxygen atoms in total. The van der Waals surface area contributed by atoms with Crippen molar-refractivity contribution >= 4 is 21.2 Å². The first-order valence-corrected chi connectivity index (χ1v) is 5.18. The van der Waals surface area contributed by atoms with Crippen LogP contribution in [0.15, 0.2) is 22.1 Å². The Morgan fingerprint density at radius 3 is 2.80 bits per heavy atom. The Bertz CT molecular complexity index is 441. The van der Waals surface area contributed by atoms with Crippen molar-refractivity contribution in [3.63, 3.8) is 0 Å². The predicted molar refractivity (Wildman–Crippen MR) is 51.5 cm³/mol. The first kappa shape index (κ1) is 11.5. The van der Waals surface area contributed by atoms with Crippen LogP contribution in [0.4, 0.5) is 0 Å². The topological polar surface area (TPSA) is 97.2 Å². The zero-order valence-electron chi connectivity index (χ0n) is 7.93. The maximum absolute atomic E-state index is 11.1. The van der Waals surface area contributed by atoms with Gasteiger partial charge in [0.05, 0.1) is 0 Å². The van der Waals surface area contributed by atoms with E-state index in [0.29, 0.717) is 6.61 Å². The molecule has 1 N–H and O–H groups in total. The molecule has 0 spiro atoms. The molecule has 1 aliphatic heterocycles. The Morgan fingerprint density at radius 1 is 1.53 bits per heavy atom. The van der Waals surface area contributed by atoms with Crippen molar-refractivity contribution in [2.24, 2.45) is 10.2 Å². The number of azo groups is 1. The van der Waals surface area contributed by atoms with Gasteiger partial charge in [-0.3, -0.25) is 4.79 Å². The van der Waals surface area contributed by atoms with Crippen LogP contribution in [0.2, 0.25) is 0 Å². The standard InChI is InChI=1S/C7H9N3O4S/c1-2-14-4-6(11)8-5-3-7(10-9-5)15(12)13/h3H,2,4H2,1H3,(H,8,11). The van der Waals surface area contributed by atoms with E-state index >= 15 is 0 Å². The van der Waals surface area contributed by atoms with E-state index in [1.54, 1.807) is 6.92 Å². The molecule has 0 bridgehead atoms. The molecule has 0 aliphatic carbocycles. The highest BCUT2D eigenvalue weighted by atomic mass is 32.2. The zero-order chi connectivity index (χ0) is 11.3. The van der Waals surface area contributed by atoms with E-state index in [1.165, 1.54) is 0 Å². The summed E-state index contributed by atoms with van der Waals surface area (Å²) < 4.78 is 25.7. The van der Waals surface area contributed by atoms with E-state index in [2.05, 4.69) is 15.5 Å². The third-order valence-corrected chi connectivity index (χ3v) is 1.93. The van der Waals surface area contributed by atoms with E-state index in [0.717, 1.165) is 6.08 Å². The van der Waals surface area contributed by atoms with Gasteiger partial charge in [-0.25, -0.2) is 0 Å². The van der Waals surface area contributed by atoms with Gasteiger partial charge in [0.2, 0.25) is 15.3 Å². The number of hydrogen-bond acceptors (Lipinski definition) is 5. The molecule has 0 atom stereocenters. The highest BCUT2D eigenvalue weighted by Crippen LogP contribution is 2.03. The van der Waals surface area contributed by atoms with Crippen LogP contribution >= 0.6 is 0 Å². The van der Waals surface area contributed by atoms with Crippen LogP contribution in [0.3, 0.4) is 0 Å². The molecular weight excluding hydrogens is 222 g/mol. The van der Waals surface area contributed by atoms with E-state index in [4.69, 9.17) is 4.74 Å². The monoisotopic (exact) mass is 231 g/mol. The van der Waals surface area contributed by atoms with Gasteiger partial charge in [0.15, 0.2) is 5.82 Å². The maximum atomic E-state index is 11.1. The second kappa shape index (κ2) is 5.37. The summed E-state index contributed by atoms with van der Waals surface area (Å²) in [5.41, 5.74) is 0. The summed E-state index contributed by atoms with van der Waals surface area (Å²) in [7, 11) is -2.43. The smallest absolute Gasteiger partial charge is 0.251 e. The number of amides is 1. The Labute approximate surface area is 87.4 Å². The number of rotatable bonds is 4. The van der Waals surface area contributed by atoms with E-state index in [-0.39, 0.29) is 17.4 Å². The first-order chi connectivity index (χ1) is 7.13. The molecule has 0 saturated heterocycles. The van der Waals surface area contributed by atoms with Crippen LogP contribution < -0.4 is 5.32 Å². The van der Waals surface area contributed by atoms with Crippen LogP contribution in [-0.4, -0.2) is 32.5 Å². The van der Waals surface area contributed by atoms with Crippen LogP contribution in [0.1, 0.15) is 6.92 Å². The van der Waals surface area contributed by atoms with Gasteiger partial charge >= 0.3 is 0 Å². The molecule has 1 rings (SSSR count). The van der Waals surface area contributed by atoms with E-state index in [1.807, 2.05) is 0 Å². The number of ether oxygens (including phenoxy) is 1. The molecule has 0 radical (unpaired) electrons. The van der Waals surface area contributed by atoms with Gasteiger partial charge in [-0.2, -0.15) is 8.42 Å². The third-order valence-electron chi connectivity index (χ3n) is 1.39. The number of nitrogens with zero attached hydrogens (tertiary/aromatic N) is 2. The average molecular weight is 231 g/mol. The summed E-state index contributed by atoms with van der Waals surface area (Å²) in [5.74, 6) is -0.307. The molecule has 0 saturated carbocycles. The molecule has 15 heavy (non-hydrogen) atoms. The third kappa shape index (κ3) is 3.60. The molecule has 0 unspecified atom stereocenters. The van der Waals surface area contributed by atoms with Crippen molar-refractivity contribution < 1.29 is 17.9 Å². The van der Waals surface area contributed by atoms with Crippen molar-refractivity contribution in [2.75, 3.05) is 13.2 Å². The molecule has 1 heterocycles. The van der Waals surface area contributed by atoms with Crippen LogP contribution in [0.25, 0.3) is 0 Å². The molecule has 1 aliphatic rings. The minimum Gasteiger partial charge on any atom is -0.372 e. The maximum Gasteiger partial charge on any atom is 0.251 e. The summed E-state index contributed by atoms with van der Waals surface area (Å²) in [4.78, 5) is 10.9. The van der Waals surface area contributed by atoms with Crippen LogP contribution in [-0.2, 0) is 19.8 Å². The zero-order valence-corrected chi connectivity index (χ0v) is 8.74. The Morgan fingerprint density at radius 2 is 2.27 bits per heavy atom. The van der Waals surface area contributed by atoms with Gasteiger partial charge < -0.3 is 10.1 Å². The van der Waals surface area contributed by atoms with Crippen LogP contribution in [0.5, 0.6) is 0 Å². The summed E-state index contributed by atoms with van der Waals surface area (Å²) in [6, 6.07) is 0. The summed E-state index contributed by atoms with van der Waals surface area (Å²) in [6.45, 7) is 2.09. The fourth-order valence-electron chi connectivity index (χ4n) is 0.794. The van der Waals surface area contributed by atoms with Crippen molar-refractivity contribution in [1.29, 1.82) is 0 Å². The van der Waals surface area contributed by atoms with Gasteiger partial charge in [-0.15, -0.1) is 10.2 Å². The second-order valence-corrected chi connectivity index (χ2v) is 3.38. The lowest BCUT2D eigenvalue weighted by Gasteiger charge is -2.01. The lowest BCUT2D eigenvalue weighted by atomic mass is 10.5. The minimum absolute atomic E-state index is 0.0962. The fourth-order valence-corrected chi connectivity index (χ4v) is 1.11. The Kier molecular flexibility index (Phi) is 4.13. The highest BCUT2D eigenvalue weighted by Gasteiger charge is 2.11. The van der Waals surface area contributed by atoms with Crippen molar-refractivity contribution in [3.05, 3.63) is 11.9 Å². The number of hydrogen-bond donors (Lipinski definition) is 1. The summed E-state index contributed by atoms with van der Waals surface area (Å²) in [6.07, 6.45) is 1.16. The van der Waals surface area contributed by atoms with E-state index in [9.17, 15) is 13.2 Å². The number of carbonyl (C=O) groups is 1. The first-order valence-electron chi connectivity index (χ1n) is 4.10. The SMILES string of the molecule is CCOCC(=O)NC1=CC(=S(=O)=O)N=N1. The average Bonchev–Trinajstić information content (AvgIpc) is 2.63. The molecule has 8 heteroatoms. The van der Waals surface area contributed by atoms with Gasteiger partial charge in [0.1, 0.15) is 6.61 Å². The summed E-state index contributed by atoms with van der Waals surface area (Å²) in [5, 5.41) is 9.13. The van der Waals surface area contributed by atoms with Gasteiger partial charge in [0, 0.05) is 12.7 Å². The van der Waals surface area contributed by atoms with Gasteiger partial charge in [0.25, 0.3) is 5.91 Å². The molecule has 0 aromatic heterocycles. The fraction of sp³-hybridized carbons (Fsp3) is 0.429. The van der Waals surface area contributed by atoms with Crippen molar-refractivity contribution in [1.82, 2.24) is 5.32 Å². The van der Waals surface area contributed by atoms with Crippen LogP contribution in [0, 0.1) is 0 Å². The normalized spacial score (nSPS) is 13.9. The number of carbonyl (C=O) groups excluding carboxylic acids is 1. The Hall–Kier alpha value is -1.54.